The Labute approximate surface area is 87.4 Å². The Hall–Kier alpha value is 2.44. The Morgan fingerprint density at radius 3 is 0.750 bits per heavy atom. The fraction of sp³-hybridized carbons (Fsp3) is 0. The van der Waals surface area contributed by atoms with E-state index in [1.807, 2.05) is 0 Å². The summed E-state index contributed by atoms with van der Waals surface area (Å²) in [5, 5.41) is 0. The summed E-state index contributed by atoms with van der Waals surface area (Å²) in [6.07, 6.45) is 0. The Kier molecular flexibility index (Phi) is 144. The van der Waals surface area contributed by atoms with Gasteiger partial charge in [-0.25, -0.2) is 0 Å². The molecule has 0 spiro atoms. The molecule has 0 rings (SSSR count). The van der Waals surface area contributed by atoms with Gasteiger partial charge in [0.2, 0.25) is 0 Å². The molecule has 0 aromatic rings. The van der Waals surface area contributed by atoms with Gasteiger partial charge in [0.15, 0.2) is 0 Å². The molecule has 0 nitrogen and oxygen atoms in total. The van der Waals surface area contributed by atoms with Gasteiger partial charge < -0.3 is 2.85 Å². The van der Waals surface area contributed by atoms with Gasteiger partial charge >= 0.3 is 48.9 Å². The van der Waals surface area contributed by atoms with E-state index in [-0.39, 0.29) is 89.0 Å². The molecule has 0 aromatic carbocycles. The van der Waals surface area contributed by atoms with E-state index in [9.17, 15) is 0 Å². The zero-order valence-corrected chi connectivity index (χ0v) is 8.82. The Balaban J connectivity index is 0. The van der Waals surface area contributed by atoms with E-state index in [1.54, 1.807) is 0 Å². The molecule has 0 heterocycles. The van der Waals surface area contributed by atoms with E-state index in [2.05, 4.69) is 0 Å². The summed E-state index contributed by atoms with van der Waals surface area (Å²) in [6, 6.07) is 0. The molecule has 0 N–H and O–H groups in total. The van der Waals surface area contributed by atoms with Gasteiger partial charge in [-0.1, -0.05) is 0 Å². The number of hydrogen-bond donors (Lipinski definition) is 0. The minimum Gasteiger partial charge on any atom is -1.00 e. The van der Waals surface area contributed by atoms with Crippen LogP contribution in [0.5, 0.6) is 0 Å². The second-order valence-corrected chi connectivity index (χ2v) is 0. The van der Waals surface area contributed by atoms with Crippen LogP contribution in [0.15, 0.2) is 0 Å². The van der Waals surface area contributed by atoms with Crippen molar-refractivity contribution in [2.24, 2.45) is 0 Å². The van der Waals surface area contributed by atoms with Crippen LogP contribution in [0.2, 0.25) is 0 Å². The molecule has 0 atom stereocenters. The molecule has 0 aliphatic rings. The van der Waals surface area contributed by atoms with E-state index in [0.717, 1.165) is 0 Å². The van der Waals surface area contributed by atoms with Crippen LogP contribution in [0.1, 0.15) is 2.85 Å². The summed E-state index contributed by atoms with van der Waals surface area (Å²) in [7, 11) is 0. The smallest absolute Gasteiger partial charge is 1.00 e. The first-order valence-corrected chi connectivity index (χ1v) is 0. The first-order valence-electron chi connectivity index (χ1n) is 0. The summed E-state index contributed by atoms with van der Waals surface area (Å²) in [5.41, 5.74) is 0. The van der Waals surface area contributed by atoms with Gasteiger partial charge in [0, 0.05) is 0 Å². The van der Waals surface area contributed by atoms with Crippen LogP contribution in [0.25, 0.3) is 0 Å². The summed E-state index contributed by atoms with van der Waals surface area (Å²) in [6.45, 7) is 0. The van der Waals surface area contributed by atoms with Crippen molar-refractivity contribution in [3.8, 4) is 0 Å². The van der Waals surface area contributed by atoms with Crippen molar-refractivity contribution >= 4 is 86.1 Å². The van der Waals surface area contributed by atoms with Crippen molar-refractivity contribution in [2.75, 3.05) is 0 Å². The van der Waals surface area contributed by atoms with E-state index in [0.29, 0.717) is 0 Å². The molecule has 0 fully saturated rings. The van der Waals surface area contributed by atoms with Gasteiger partial charge in [0.1, 0.15) is 0 Å². The maximum Gasteiger partial charge on any atom is 2.00 e. The number of rotatable bonds is 0. The monoisotopic (exact) mass is 248 g/mol. The Morgan fingerprint density at radius 1 is 0.750 bits per heavy atom. The molecule has 0 amide bonds. The van der Waals surface area contributed by atoms with Crippen molar-refractivity contribution in [1.29, 1.82) is 0 Å². The summed E-state index contributed by atoms with van der Waals surface area (Å²) >= 11 is 0. The molecule has 4 heavy (non-hydrogen) atoms. The minimum atomic E-state index is 0. The number of hydrogen-bond acceptors (Lipinski definition) is 0. The SMILES string of the molecule is Cl.Cl.Cl.[Ba+2].[H-].[H-]. The van der Waals surface area contributed by atoms with Crippen molar-refractivity contribution < 1.29 is 2.85 Å². The van der Waals surface area contributed by atoms with Crippen molar-refractivity contribution in [3.05, 3.63) is 0 Å². The predicted octanol–water partition coefficient (Wildman–Crippen LogP) is 1.11. The summed E-state index contributed by atoms with van der Waals surface area (Å²) < 4.78 is 0. The zero-order chi connectivity index (χ0) is 0. The van der Waals surface area contributed by atoms with Crippen molar-refractivity contribution in [3.63, 3.8) is 0 Å². The summed E-state index contributed by atoms with van der Waals surface area (Å²) in [4.78, 5) is 0. The van der Waals surface area contributed by atoms with E-state index in [4.69, 9.17) is 0 Å². The Bertz CT molecular complexity index is 8.75. The van der Waals surface area contributed by atoms with Gasteiger partial charge in [0.05, 0.1) is 0 Å². The molecule has 0 aromatic heterocycles. The van der Waals surface area contributed by atoms with Gasteiger partial charge in [-0.3, -0.25) is 0 Å². The van der Waals surface area contributed by atoms with Gasteiger partial charge in [0.25, 0.3) is 0 Å². The van der Waals surface area contributed by atoms with Crippen LogP contribution in [0.4, 0.5) is 0 Å². The molecule has 28 valence electrons. The largest absolute Gasteiger partial charge is 2.00 e. The molecule has 0 unspecified atom stereocenters. The van der Waals surface area contributed by atoms with Crippen LogP contribution in [0, 0.1) is 0 Å². The Morgan fingerprint density at radius 2 is 0.750 bits per heavy atom. The topological polar surface area (TPSA) is 0 Å². The first kappa shape index (κ1) is 32.0. The van der Waals surface area contributed by atoms with Crippen LogP contribution in [-0.2, 0) is 0 Å². The molecular weight excluding hydrogens is 244 g/mol. The van der Waals surface area contributed by atoms with Crippen LogP contribution in [-0.4, -0.2) is 48.9 Å². The first-order chi connectivity index (χ1) is 0. The van der Waals surface area contributed by atoms with E-state index < -0.39 is 0 Å². The standard InChI is InChI=1S/Ba.3ClH.2H/h;3*1H;;/q+2;;;;2*-1. The molecule has 0 bridgehead atoms. The second-order valence-electron chi connectivity index (χ2n) is 0. The van der Waals surface area contributed by atoms with Crippen molar-refractivity contribution in [1.82, 2.24) is 0 Å². The number of halogens is 3. The van der Waals surface area contributed by atoms with Crippen LogP contribution >= 0.6 is 37.2 Å². The average Bonchev–Trinajstić information content (AvgIpc) is 0. The van der Waals surface area contributed by atoms with E-state index >= 15 is 0 Å². The van der Waals surface area contributed by atoms with E-state index in [1.165, 1.54) is 0 Å². The molecule has 0 aliphatic heterocycles. The maximum atomic E-state index is 0. The van der Waals surface area contributed by atoms with Crippen LogP contribution < -0.4 is 0 Å². The fourth-order valence-corrected chi connectivity index (χ4v) is 0. The molecule has 0 radical (unpaired) electrons. The van der Waals surface area contributed by atoms with Gasteiger partial charge in [-0.15, -0.1) is 37.2 Å². The third-order valence-corrected chi connectivity index (χ3v) is 0. The average molecular weight is 249 g/mol. The molecule has 0 saturated carbocycles. The maximum absolute atomic E-state index is 0. The van der Waals surface area contributed by atoms with Crippen molar-refractivity contribution in [2.45, 2.75) is 0 Å². The molecule has 0 aliphatic carbocycles. The molecular formula is H5BaCl3. The molecule has 0 saturated heterocycles. The minimum absolute atomic E-state index is 0. The second kappa shape index (κ2) is 18.0. The normalized spacial score (nSPS) is 0. The summed E-state index contributed by atoms with van der Waals surface area (Å²) in [5.74, 6) is 0. The van der Waals surface area contributed by atoms with Crippen LogP contribution in [0.3, 0.4) is 0 Å². The fourth-order valence-electron chi connectivity index (χ4n) is 0. The quantitative estimate of drug-likeness (QED) is 0.564. The zero-order valence-electron chi connectivity index (χ0n) is 3.93. The third kappa shape index (κ3) is 8.82. The predicted molar refractivity (Wildman–Crippen MR) is 29.7 cm³/mol. The third-order valence-electron chi connectivity index (χ3n) is 0. The molecule has 4 heteroatoms. The van der Waals surface area contributed by atoms with Gasteiger partial charge in [-0.05, 0) is 0 Å². The van der Waals surface area contributed by atoms with Gasteiger partial charge in [-0.2, -0.15) is 0 Å².